The summed E-state index contributed by atoms with van der Waals surface area (Å²) in [4.78, 5) is 27.4. The van der Waals surface area contributed by atoms with Crippen molar-refractivity contribution in [2.24, 2.45) is 0 Å². The maximum absolute atomic E-state index is 13.1. The molecule has 8 nitrogen and oxygen atoms in total. The maximum atomic E-state index is 13.1. The highest BCUT2D eigenvalue weighted by molar-refractivity contribution is 6.36. The zero-order chi connectivity index (χ0) is 22.0. The summed E-state index contributed by atoms with van der Waals surface area (Å²) >= 11 is 0. The van der Waals surface area contributed by atoms with E-state index in [0.29, 0.717) is 34.1 Å². The molecule has 0 radical (unpaired) electrons. The minimum atomic E-state index is -0.405. The van der Waals surface area contributed by atoms with Crippen molar-refractivity contribution < 1.29 is 28.5 Å². The van der Waals surface area contributed by atoms with E-state index in [1.165, 1.54) is 12.0 Å². The Hall–Kier alpha value is -3.52. The third-order valence-electron chi connectivity index (χ3n) is 4.84. The number of nitrogens with one attached hydrogen (secondary N) is 1. The van der Waals surface area contributed by atoms with Gasteiger partial charge in [0.05, 0.1) is 24.8 Å². The van der Waals surface area contributed by atoms with E-state index in [4.69, 9.17) is 18.9 Å². The highest BCUT2D eigenvalue weighted by Crippen LogP contribution is 2.36. The molecule has 0 aromatic heterocycles. The zero-order valence-corrected chi connectivity index (χ0v) is 17.6. The van der Waals surface area contributed by atoms with Crippen molar-refractivity contribution in [1.82, 2.24) is 4.90 Å². The van der Waals surface area contributed by atoms with E-state index in [9.17, 15) is 9.59 Å². The number of nitrogens with zero attached hydrogens (tertiary/aromatic N) is 1. The number of fused-ring (bicyclic) bond motifs is 1. The lowest BCUT2D eigenvalue weighted by Crippen LogP contribution is -2.35. The van der Waals surface area contributed by atoms with Gasteiger partial charge in [0.1, 0.15) is 11.4 Å². The zero-order valence-electron chi connectivity index (χ0n) is 17.6. The molecule has 2 aliphatic heterocycles. The number of carbonyl (C=O) groups is 2. The van der Waals surface area contributed by atoms with Crippen molar-refractivity contribution in [3.8, 4) is 17.2 Å². The second-order valence-electron chi connectivity index (χ2n) is 7.39. The Morgan fingerprint density at radius 3 is 2.48 bits per heavy atom. The van der Waals surface area contributed by atoms with Gasteiger partial charge in [-0.15, -0.1) is 0 Å². The van der Waals surface area contributed by atoms with Crippen LogP contribution in [0.1, 0.15) is 19.4 Å². The van der Waals surface area contributed by atoms with Crippen molar-refractivity contribution >= 4 is 23.1 Å². The van der Waals surface area contributed by atoms with Crippen LogP contribution in [0.2, 0.25) is 0 Å². The Balaban J connectivity index is 1.69. The summed E-state index contributed by atoms with van der Waals surface area (Å²) in [6.07, 6.45) is 0.0347. The van der Waals surface area contributed by atoms with Gasteiger partial charge in [-0.1, -0.05) is 12.1 Å². The summed E-state index contributed by atoms with van der Waals surface area (Å²) in [7, 11) is 1.53. The minimum absolute atomic E-state index is 0.0347. The average Bonchev–Trinajstić information content (AvgIpc) is 3.30. The van der Waals surface area contributed by atoms with Gasteiger partial charge in [0.15, 0.2) is 11.5 Å². The quantitative estimate of drug-likeness (QED) is 0.652. The molecule has 162 valence electrons. The summed E-state index contributed by atoms with van der Waals surface area (Å²) in [6, 6.07) is 12.4. The lowest BCUT2D eigenvalue weighted by atomic mass is 10.0. The molecule has 0 atom stereocenters. The first kappa shape index (κ1) is 20.7. The van der Waals surface area contributed by atoms with Gasteiger partial charge < -0.3 is 24.3 Å². The van der Waals surface area contributed by atoms with Crippen molar-refractivity contribution in [3.63, 3.8) is 0 Å². The molecule has 2 aromatic carbocycles. The molecule has 0 unspecified atom stereocenters. The molecule has 2 aromatic rings. The molecule has 2 amide bonds. The van der Waals surface area contributed by atoms with Crippen LogP contribution in [0.15, 0.2) is 48.2 Å². The molecule has 0 saturated carbocycles. The standard InChI is InChI=1S/C23H24N2O6/c1-14(2)31-17-7-4-15(5-8-17)20-21(23(27)25(22(20)26)10-11-28-3)24-16-6-9-18-19(12-16)30-13-29-18/h4-9,12,14,24H,10-11,13H2,1-3H3. The van der Waals surface area contributed by atoms with Crippen LogP contribution >= 0.6 is 0 Å². The molecule has 4 rings (SSSR count). The van der Waals surface area contributed by atoms with Gasteiger partial charge in [-0.3, -0.25) is 14.5 Å². The molecule has 2 aliphatic rings. The van der Waals surface area contributed by atoms with E-state index in [2.05, 4.69) is 5.32 Å². The number of benzene rings is 2. The molecule has 0 spiro atoms. The number of hydrogen-bond donors (Lipinski definition) is 1. The van der Waals surface area contributed by atoms with Crippen LogP contribution in [0.5, 0.6) is 17.2 Å². The summed E-state index contributed by atoms with van der Waals surface area (Å²) in [6.45, 7) is 4.45. The molecular formula is C23H24N2O6. The third-order valence-corrected chi connectivity index (χ3v) is 4.84. The van der Waals surface area contributed by atoms with Crippen molar-refractivity contribution in [2.45, 2.75) is 20.0 Å². The monoisotopic (exact) mass is 424 g/mol. The van der Waals surface area contributed by atoms with E-state index < -0.39 is 5.91 Å². The van der Waals surface area contributed by atoms with Gasteiger partial charge >= 0.3 is 0 Å². The smallest absolute Gasteiger partial charge is 0.278 e. The summed E-state index contributed by atoms with van der Waals surface area (Å²) in [5, 5.41) is 3.11. The highest BCUT2D eigenvalue weighted by Gasteiger charge is 2.39. The van der Waals surface area contributed by atoms with Crippen molar-refractivity contribution in [1.29, 1.82) is 0 Å². The average molecular weight is 424 g/mol. The normalized spacial score (nSPS) is 15.3. The van der Waals surface area contributed by atoms with Crippen LogP contribution in [0.25, 0.3) is 5.57 Å². The Labute approximate surface area is 180 Å². The van der Waals surface area contributed by atoms with Crippen molar-refractivity contribution in [3.05, 3.63) is 53.7 Å². The molecule has 0 bridgehead atoms. The Bertz CT molecular complexity index is 1030. The second kappa shape index (κ2) is 8.69. The Morgan fingerprint density at radius 1 is 1.03 bits per heavy atom. The van der Waals surface area contributed by atoms with Gasteiger partial charge in [-0.2, -0.15) is 0 Å². The molecule has 0 saturated heterocycles. The Kier molecular flexibility index (Phi) is 5.81. The van der Waals surface area contributed by atoms with Crippen LogP contribution in [0.3, 0.4) is 0 Å². The van der Waals surface area contributed by atoms with Crippen molar-refractivity contribution in [2.75, 3.05) is 32.4 Å². The van der Waals surface area contributed by atoms with E-state index >= 15 is 0 Å². The Morgan fingerprint density at radius 2 is 1.77 bits per heavy atom. The van der Waals surface area contributed by atoms with Gasteiger partial charge in [0, 0.05) is 18.9 Å². The number of imide groups is 1. The van der Waals surface area contributed by atoms with Crippen LogP contribution in [0.4, 0.5) is 5.69 Å². The molecule has 2 heterocycles. The topological polar surface area (TPSA) is 86.3 Å². The fourth-order valence-corrected chi connectivity index (χ4v) is 3.44. The number of anilines is 1. The van der Waals surface area contributed by atoms with E-state index in [0.717, 1.165) is 0 Å². The maximum Gasteiger partial charge on any atom is 0.278 e. The van der Waals surface area contributed by atoms with E-state index in [-0.39, 0.29) is 37.7 Å². The number of hydrogen-bond acceptors (Lipinski definition) is 7. The fraction of sp³-hybridized carbons (Fsp3) is 0.304. The van der Waals surface area contributed by atoms with Gasteiger partial charge in [0.2, 0.25) is 6.79 Å². The molecule has 1 N–H and O–H groups in total. The number of ether oxygens (including phenoxy) is 4. The van der Waals surface area contributed by atoms with Gasteiger partial charge in [0.25, 0.3) is 11.8 Å². The molecule has 0 aliphatic carbocycles. The minimum Gasteiger partial charge on any atom is -0.491 e. The third kappa shape index (κ3) is 4.20. The predicted molar refractivity (Wildman–Crippen MR) is 114 cm³/mol. The lowest BCUT2D eigenvalue weighted by Gasteiger charge is -2.14. The largest absolute Gasteiger partial charge is 0.491 e. The molecule has 31 heavy (non-hydrogen) atoms. The predicted octanol–water partition coefficient (Wildman–Crippen LogP) is 3.04. The number of amides is 2. The fourth-order valence-electron chi connectivity index (χ4n) is 3.44. The SMILES string of the molecule is COCCN1C(=O)C(Nc2ccc3c(c2)OCO3)=C(c2ccc(OC(C)C)cc2)C1=O. The first-order chi connectivity index (χ1) is 15.0. The number of methoxy groups -OCH3 is 1. The molecule has 8 heteroatoms. The first-order valence-electron chi connectivity index (χ1n) is 10.0. The van der Waals surface area contributed by atoms with Gasteiger partial charge in [-0.25, -0.2) is 0 Å². The highest BCUT2D eigenvalue weighted by atomic mass is 16.7. The van der Waals surface area contributed by atoms with Crippen LogP contribution in [-0.2, 0) is 14.3 Å². The summed E-state index contributed by atoms with van der Waals surface area (Å²) in [5.41, 5.74) is 1.75. The van der Waals surface area contributed by atoms with E-state index in [1.807, 2.05) is 13.8 Å². The molecule has 0 fully saturated rings. The van der Waals surface area contributed by atoms with Crippen LogP contribution in [-0.4, -0.2) is 49.9 Å². The van der Waals surface area contributed by atoms with E-state index in [1.54, 1.807) is 42.5 Å². The lowest BCUT2D eigenvalue weighted by molar-refractivity contribution is -0.137. The number of carbonyl (C=O) groups excluding carboxylic acids is 2. The summed E-state index contributed by atoms with van der Waals surface area (Å²) < 4.78 is 21.5. The van der Waals surface area contributed by atoms with Gasteiger partial charge in [-0.05, 0) is 43.7 Å². The second-order valence-corrected chi connectivity index (χ2v) is 7.39. The molecular weight excluding hydrogens is 400 g/mol. The van der Waals surface area contributed by atoms with Crippen LogP contribution < -0.4 is 19.5 Å². The first-order valence-corrected chi connectivity index (χ1v) is 10.0. The number of rotatable bonds is 8. The van der Waals surface area contributed by atoms with Crippen LogP contribution in [0, 0.1) is 0 Å². The summed E-state index contributed by atoms with van der Waals surface area (Å²) in [5.74, 6) is 1.13.